The zero-order chi connectivity index (χ0) is 21.7. The molecule has 3 rings (SSSR count). The lowest BCUT2D eigenvalue weighted by molar-refractivity contribution is 0.426. The summed E-state index contributed by atoms with van der Waals surface area (Å²) in [5, 5.41) is 0. The molecule has 0 saturated heterocycles. The van der Waals surface area contributed by atoms with E-state index in [0.29, 0.717) is 0 Å². The van der Waals surface area contributed by atoms with Crippen LogP contribution in [0.3, 0.4) is 0 Å². The van der Waals surface area contributed by atoms with Gasteiger partial charge in [-0.2, -0.15) is 0 Å². The van der Waals surface area contributed by atoms with Gasteiger partial charge in [-0.1, -0.05) is 68.3 Å². The molecule has 0 N–H and O–H groups in total. The SMILES string of the molecule is C=C/C=C\C(=C/C=C)N1C(C=C)=C(/C=C\C)B2C(/C=C\C)=C(C)Oc3cccc1c32. The van der Waals surface area contributed by atoms with Crippen LogP contribution in [0.2, 0.25) is 0 Å². The molecule has 0 aromatic heterocycles. The van der Waals surface area contributed by atoms with Gasteiger partial charge in [-0.05, 0) is 67.5 Å². The maximum atomic E-state index is 6.26. The minimum Gasteiger partial charge on any atom is -0.463 e. The highest BCUT2D eigenvalue weighted by Gasteiger charge is 2.41. The molecule has 2 nitrogen and oxygen atoms in total. The minimum atomic E-state index is 0.0787. The summed E-state index contributed by atoms with van der Waals surface area (Å²) in [7, 11) is 0. The third kappa shape index (κ3) is 3.59. The number of anilines is 1. The van der Waals surface area contributed by atoms with E-state index < -0.39 is 0 Å². The molecule has 2 aliphatic rings. The minimum absolute atomic E-state index is 0.0787. The number of allylic oxidation sites excluding steroid dienone is 13. The van der Waals surface area contributed by atoms with E-state index >= 15 is 0 Å². The first-order chi connectivity index (χ1) is 14.6. The molecular formula is C27H28BNO. The van der Waals surface area contributed by atoms with Crippen LogP contribution in [0, 0.1) is 0 Å². The lowest BCUT2D eigenvalue weighted by atomic mass is 9.33. The Morgan fingerprint density at radius 2 is 1.77 bits per heavy atom. The zero-order valence-electron chi connectivity index (χ0n) is 18.1. The van der Waals surface area contributed by atoms with E-state index in [1.54, 1.807) is 12.2 Å². The van der Waals surface area contributed by atoms with Crippen molar-refractivity contribution in [2.24, 2.45) is 0 Å². The summed E-state index contributed by atoms with van der Waals surface area (Å²) >= 11 is 0. The molecule has 0 amide bonds. The largest absolute Gasteiger partial charge is 0.463 e. The molecule has 30 heavy (non-hydrogen) atoms. The number of benzene rings is 1. The fraction of sp³-hybridized carbons (Fsp3) is 0.111. The van der Waals surface area contributed by atoms with Crippen molar-refractivity contribution in [3.05, 3.63) is 127 Å². The summed E-state index contributed by atoms with van der Waals surface area (Å²) in [6, 6.07) is 6.22. The van der Waals surface area contributed by atoms with Crippen LogP contribution in [0.15, 0.2) is 127 Å². The Balaban J connectivity index is 2.42. The molecule has 1 aromatic rings. The first-order valence-electron chi connectivity index (χ1n) is 10.2. The second kappa shape index (κ2) is 9.36. The maximum absolute atomic E-state index is 6.26. The Bertz CT molecular complexity index is 1060. The number of nitrogens with zero attached hydrogens (tertiary/aromatic N) is 1. The van der Waals surface area contributed by atoms with Gasteiger partial charge in [0.15, 0.2) is 0 Å². The average molecular weight is 393 g/mol. The van der Waals surface area contributed by atoms with Crippen molar-refractivity contribution >= 4 is 17.9 Å². The normalized spacial score (nSPS) is 16.6. The average Bonchev–Trinajstić information content (AvgIpc) is 2.74. The molecule has 0 radical (unpaired) electrons. The monoisotopic (exact) mass is 393 g/mol. The summed E-state index contributed by atoms with van der Waals surface area (Å²) < 4.78 is 6.26. The molecular weight excluding hydrogens is 365 g/mol. The molecule has 1 aromatic carbocycles. The predicted molar refractivity (Wildman–Crippen MR) is 132 cm³/mol. The number of rotatable bonds is 7. The van der Waals surface area contributed by atoms with E-state index in [1.165, 1.54) is 10.9 Å². The molecule has 0 spiro atoms. The van der Waals surface area contributed by atoms with Crippen molar-refractivity contribution in [1.82, 2.24) is 0 Å². The molecule has 0 aliphatic carbocycles. The van der Waals surface area contributed by atoms with Gasteiger partial charge in [0.2, 0.25) is 0 Å². The summed E-state index contributed by atoms with van der Waals surface area (Å²) in [6.45, 7) is 18.1. The number of hydrogen-bond donors (Lipinski definition) is 0. The molecule has 3 heteroatoms. The number of hydrogen-bond acceptors (Lipinski definition) is 2. The van der Waals surface area contributed by atoms with Gasteiger partial charge in [0, 0.05) is 17.1 Å². The first kappa shape index (κ1) is 21.3. The first-order valence-corrected chi connectivity index (χ1v) is 10.2. The molecule has 0 atom stereocenters. The highest BCUT2D eigenvalue weighted by atomic mass is 16.5. The third-order valence-corrected chi connectivity index (χ3v) is 5.24. The van der Waals surface area contributed by atoms with Crippen LogP contribution in [-0.4, -0.2) is 6.71 Å². The van der Waals surface area contributed by atoms with Gasteiger partial charge in [-0.25, -0.2) is 0 Å². The van der Waals surface area contributed by atoms with Crippen molar-refractivity contribution in [3.8, 4) is 5.75 Å². The second-order valence-corrected chi connectivity index (χ2v) is 7.04. The van der Waals surface area contributed by atoms with Crippen molar-refractivity contribution in [1.29, 1.82) is 0 Å². The Labute approximate surface area is 181 Å². The highest BCUT2D eigenvalue weighted by Crippen LogP contribution is 2.40. The quantitative estimate of drug-likeness (QED) is 0.395. The van der Waals surface area contributed by atoms with Crippen LogP contribution >= 0.6 is 0 Å². The molecule has 2 heterocycles. The maximum Gasteiger partial charge on any atom is 0.255 e. The summed E-state index contributed by atoms with van der Waals surface area (Å²) in [4.78, 5) is 2.22. The van der Waals surface area contributed by atoms with Crippen molar-refractivity contribution in [3.63, 3.8) is 0 Å². The Morgan fingerprint density at radius 3 is 2.40 bits per heavy atom. The lowest BCUT2D eigenvalue weighted by Crippen LogP contribution is -2.48. The molecule has 0 unspecified atom stereocenters. The van der Waals surface area contributed by atoms with E-state index in [4.69, 9.17) is 4.74 Å². The van der Waals surface area contributed by atoms with Crippen molar-refractivity contribution in [2.45, 2.75) is 20.8 Å². The Kier molecular flexibility index (Phi) is 6.63. The molecule has 0 saturated carbocycles. The fourth-order valence-electron chi connectivity index (χ4n) is 4.15. The topological polar surface area (TPSA) is 12.5 Å². The zero-order valence-corrected chi connectivity index (χ0v) is 18.1. The molecule has 2 aliphatic heterocycles. The summed E-state index contributed by atoms with van der Waals surface area (Å²) in [5.74, 6) is 1.82. The van der Waals surface area contributed by atoms with E-state index in [0.717, 1.165) is 34.1 Å². The van der Waals surface area contributed by atoms with Crippen LogP contribution < -0.4 is 15.1 Å². The van der Waals surface area contributed by atoms with Gasteiger partial charge in [-0.3, -0.25) is 0 Å². The third-order valence-electron chi connectivity index (χ3n) is 5.24. The van der Waals surface area contributed by atoms with Gasteiger partial charge in [0.1, 0.15) is 5.75 Å². The van der Waals surface area contributed by atoms with E-state index in [9.17, 15) is 0 Å². The van der Waals surface area contributed by atoms with Gasteiger partial charge < -0.3 is 9.64 Å². The smallest absolute Gasteiger partial charge is 0.255 e. The summed E-state index contributed by atoms with van der Waals surface area (Å²) in [6.07, 6.45) is 19.9. The van der Waals surface area contributed by atoms with Crippen LogP contribution in [-0.2, 0) is 0 Å². The standard InChI is InChI=1S/C27H28BNO/c1-7-12-17-21(14-8-2)29-24(11-5)23(16-10-4)28-22(15-9-3)20(6)30-26-19-13-18-25(29)27(26)28/h7-19H,1-2,5H2,3-4,6H3/b15-9-,16-10-,17-12-,21-14+. The lowest BCUT2D eigenvalue weighted by Gasteiger charge is -2.40. The predicted octanol–water partition coefficient (Wildman–Crippen LogP) is 6.36. The van der Waals surface area contributed by atoms with E-state index in [2.05, 4.69) is 55.0 Å². The van der Waals surface area contributed by atoms with E-state index in [-0.39, 0.29) is 6.71 Å². The van der Waals surface area contributed by atoms with Crippen LogP contribution in [0.25, 0.3) is 0 Å². The number of ether oxygens (including phenoxy) is 1. The van der Waals surface area contributed by atoms with Gasteiger partial charge in [0.05, 0.1) is 5.76 Å². The van der Waals surface area contributed by atoms with Crippen molar-refractivity contribution < 1.29 is 4.74 Å². The molecule has 150 valence electrons. The van der Waals surface area contributed by atoms with Crippen molar-refractivity contribution in [2.75, 3.05) is 4.90 Å². The van der Waals surface area contributed by atoms with Gasteiger partial charge in [0.25, 0.3) is 6.71 Å². The van der Waals surface area contributed by atoms with Crippen LogP contribution in [0.4, 0.5) is 5.69 Å². The van der Waals surface area contributed by atoms with Crippen LogP contribution in [0.1, 0.15) is 20.8 Å². The Hall–Kier alpha value is -3.46. The summed E-state index contributed by atoms with van der Waals surface area (Å²) in [5.41, 5.74) is 6.62. The fourth-order valence-corrected chi connectivity index (χ4v) is 4.15. The molecule has 0 bridgehead atoms. The van der Waals surface area contributed by atoms with Crippen LogP contribution in [0.5, 0.6) is 5.75 Å². The van der Waals surface area contributed by atoms with Gasteiger partial charge >= 0.3 is 0 Å². The van der Waals surface area contributed by atoms with E-state index in [1.807, 2.05) is 57.2 Å². The highest BCUT2D eigenvalue weighted by molar-refractivity contribution is 6.89. The Morgan fingerprint density at radius 1 is 1.03 bits per heavy atom. The van der Waals surface area contributed by atoms with Gasteiger partial charge in [-0.15, -0.1) is 0 Å². The molecule has 0 fully saturated rings. The second-order valence-electron chi connectivity index (χ2n) is 7.04.